The third-order valence-electron chi connectivity index (χ3n) is 5.38. The van der Waals surface area contributed by atoms with Gasteiger partial charge in [0, 0.05) is 19.7 Å². The zero-order chi connectivity index (χ0) is 22.0. The molecule has 0 spiro atoms. The molecule has 0 fully saturated rings. The molecule has 2 heterocycles. The van der Waals surface area contributed by atoms with Crippen molar-refractivity contribution in [3.05, 3.63) is 71.3 Å². The summed E-state index contributed by atoms with van der Waals surface area (Å²) in [5, 5.41) is 14.4. The van der Waals surface area contributed by atoms with E-state index in [-0.39, 0.29) is 5.82 Å². The van der Waals surface area contributed by atoms with E-state index in [0.717, 1.165) is 29.7 Å². The van der Waals surface area contributed by atoms with E-state index in [1.54, 1.807) is 16.8 Å². The highest BCUT2D eigenvalue weighted by molar-refractivity contribution is 5.92. The van der Waals surface area contributed by atoms with Crippen molar-refractivity contribution in [1.29, 1.82) is 0 Å². The van der Waals surface area contributed by atoms with Crippen LogP contribution in [-0.4, -0.2) is 40.2 Å². The molecule has 4 rings (SSSR count). The molecule has 2 aromatic heterocycles. The molecule has 31 heavy (non-hydrogen) atoms. The van der Waals surface area contributed by atoms with Crippen molar-refractivity contribution in [2.45, 2.75) is 27.2 Å². The Hall–Kier alpha value is -3.48. The van der Waals surface area contributed by atoms with Crippen LogP contribution in [0.2, 0.25) is 0 Å². The van der Waals surface area contributed by atoms with Crippen molar-refractivity contribution in [2.24, 2.45) is 0 Å². The first-order valence-corrected chi connectivity index (χ1v) is 10.4. The number of hydrogen-bond donors (Lipinski definition) is 0. The second kappa shape index (κ2) is 8.71. The molecule has 6 nitrogen and oxygen atoms in total. The number of fused-ring (bicyclic) bond motifs is 1. The largest absolute Gasteiger partial charge is 0.494 e. The normalized spacial score (nSPS) is 11.1. The molecule has 0 saturated heterocycles. The lowest BCUT2D eigenvalue weighted by molar-refractivity contribution is 0.338. The van der Waals surface area contributed by atoms with E-state index < -0.39 is 0 Å². The van der Waals surface area contributed by atoms with Gasteiger partial charge in [0.15, 0.2) is 11.6 Å². The first-order chi connectivity index (χ1) is 15.0. The van der Waals surface area contributed by atoms with E-state index in [1.165, 1.54) is 11.6 Å². The second-order valence-electron chi connectivity index (χ2n) is 7.53. The Bertz CT molecular complexity index is 1210. The lowest BCUT2D eigenvalue weighted by Crippen LogP contribution is -2.22. The second-order valence-corrected chi connectivity index (χ2v) is 7.53. The van der Waals surface area contributed by atoms with Crippen LogP contribution in [0.25, 0.3) is 16.6 Å². The van der Waals surface area contributed by atoms with Crippen LogP contribution in [0.1, 0.15) is 23.9 Å². The predicted octanol–water partition coefficient (Wildman–Crippen LogP) is 4.65. The van der Waals surface area contributed by atoms with Crippen LogP contribution >= 0.6 is 0 Å². The summed E-state index contributed by atoms with van der Waals surface area (Å²) < 4.78 is 21.9. The molecule has 0 N–H and O–H groups in total. The predicted molar refractivity (Wildman–Crippen MR) is 121 cm³/mol. The molecule has 0 bridgehead atoms. The number of benzene rings is 2. The Morgan fingerprint density at radius 2 is 1.84 bits per heavy atom. The minimum Gasteiger partial charge on any atom is -0.494 e. The molecule has 0 amide bonds. The van der Waals surface area contributed by atoms with Gasteiger partial charge in [-0.2, -0.15) is 10.2 Å². The number of hydrogen-bond acceptors (Lipinski definition) is 5. The Morgan fingerprint density at radius 3 is 2.55 bits per heavy atom. The van der Waals surface area contributed by atoms with Gasteiger partial charge >= 0.3 is 0 Å². The Morgan fingerprint density at radius 1 is 1.06 bits per heavy atom. The zero-order valence-corrected chi connectivity index (χ0v) is 18.3. The number of halogens is 1. The maximum atomic E-state index is 14.9. The van der Waals surface area contributed by atoms with Crippen molar-refractivity contribution in [1.82, 2.24) is 20.0 Å². The number of aryl methyl sites for hydroxylation is 2. The van der Waals surface area contributed by atoms with Gasteiger partial charge in [-0.05, 0) is 44.9 Å². The van der Waals surface area contributed by atoms with E-state index in [1.807, 2.05) is 50.9 Å². The first kappa shape index (κ1) is 20.8. The van der Waals surface area contributed by atoms with Crippen LogP contribution in [0.3, 0.4) is 0 Å². The smallest absolute Gasteiger partial charge is 0.179 e. The fraction of sp³-hybridized carbons (Fsp3) is 0.292. The van der Waals surface area contributed by atoms with Crippen molar-refractivity contribution < 1.29 is 9.13 Å². The van der Waals surface area contributed by atoms with Crippen molar-refractivity contribution >= 4 is 16.7 Å². The summed E-state index contributed by atoms with van der Waals surface area (Å²) in [5.41, 5.74) is 3.93. The molecule has 7 heteroatoms. The lowest BCUT2D eigenvalue weighted by atomic mass is 10.1. The molecule has 0 aliphatic heterocycles. The summed E-state index contributed by atoms with van der Waals surface area (Å²) in [6.45, 7) is 6.94. The quantitative estimate of drug-likeness (QED) is 0.436. The number of aromatic nitrogens is 4. The average molecular weight is 420 g/mol. The maximum absolute atomic E-state index is 14.9. The first-order valence-electron chi connectivity index (χ1n) is 10.4. The van der Waals surface area contributed by atoms with Gasteiger partial charge in [0.25, 0.3) is 0 Å². The summed E-state index contributed by atoms with van der Waals surface area (Å²) in [6.07, 6.45) is 0.877. The van der Waals surface area contributed by atoms with Gasteiger partial charge in [0.1, 0.15) is 17.0 Å². The van der Waals surface area contributed by atoms with Gasteiger partial charge in [-0.1, -0.05) is 30.3 Å². The summed E-state index contributed by atoms with van der Waals surface area (Å²) in [7, 11) is 1.98. The monoisotopic (exact) mass is 419 g/mol. The van der Waals surface area contributed by atoms with Gasteiger partial charge in [-0.25, -0.2) is 9.07 Å². The average Bonchev–Trinajstić information content (AvgIpc) is 3.11. The number of rotatable bonds is 7. The highest BCUT2D eigenvalue weighted by Crippen LogP contribution is 2.30. The van der Waals surface area contributed by atoms with Gasteiger partial charge in [-0.15, -0.1) is 5.10 Å². The molecule has 0 saturated carbocycles. The molecule has 2 aromatic carbocycles. The minimum atomic E-state index is -0.389. The summed E-state index contributed by atoms with van der Waals surface area (Å²) in [5.74, 6) is 0.795. The lowest BCUT2D eigenvalue weighted by Gasteiger charge is -2.18. The van der Waals surface area contributed by atoms with Gasteiger partial charge in [0.2, 0.25) is 0 Å². The molecule has 160 valence electrons. The number of nitrogens with zero attached hydrogens (tertiary/aromatic N) is 5. The molecule has 4 aromatic rings. The molecule has 0 atom stereocenters. The van der Waals surface area contributed by atoms with Crippen LogP contribution in [0.5, 0.6) is 5.75 Å². The summed E-state index contributed by atoms with van der Waals surface area (Å²) >= 11 is 0. The Balaban J connectivity index is 1.72. The number of likely N-dealkylation sites (N-methyl/N-ethyl adjacent to an activating group) is 1. The molecule has 0 aliphatic carbocycles. The molecular formula is C24H26FN5O. The molecule has 0 aliphatic rings. The van der Waals surface area contributed by atoms with Crippen LogP contribution in [0, 0.1) is 19.7 Å². The van der Waals surface area contributed by atoms with Crippen LogP contribution < -0.4 is 9.64 Å². The van der Waals surface area contributed by atoms with E-state index >= 15 is 0 Å². The molecule has 0 unspecified atom stereocenters. The fourth-order valence-electron chi connectivity index (χ4n) is 3.77. The SMILES string of the molecule is CCOc1ccc(-n2nc3c(N(C)CCc4ccccc4)nnc(C)c3c2C)c(F)c1. The van der Waals surface area contributed by atoms with Crippen LogP contribution in [0.15, 0.2) is 48.5 Å². The Kier molecular flexibility index (Phi) is 5.84. The third-order valence-corrected chi connectivity index (χ3v) is 5.38. The van der Waals surface area contributed by atoms with Crippen molar-refractivity contribution in [3.8, 4) is 11.4 Å². The fourth-order valence-corrected chi connectivity index (χ4v) is 3.77. The molecular weight excluding hydrogens is 393 g/mol. The highest BCUT2D eigenvalue weighted by Gasteiger charge is 2.20. The topological polar surface area (TPSA) is 56.1 Å². The minimum absolute atomic E-state index is 0.370. The van der Waals surface area contributed by atoms with Gasteiger partial charge in [0.05, 0.1) is 23.4 Å². The van der Waals surface area contributed by atoms with Crippen molar-refractivity contribution in [3.63, 3.8) is 0 Å². The summed E-state index contributed by atoms with van der Waals surface area (Å²) in [4.78, 5) is 2.05. The Labute approximate surface area is 181 Å². The standard InChI is InChI=1S/C24H26FN5O/c1-5-31-19-11-12-21(20(25)15-19)30-17(3)22-16(2)26-27-24(23(22)28-30)29(4)14-13-18-9-7-6-8-10-18/h6-12,15H,5,13-14H2,1-4H3. The van der Waals surface area contributed by atoms with Crippen LogP contribution in [-0.2, 0) is 6.42 Å². The zero-order valence-electron chi connectivity index (χ0n) is 18.3. The van der Waals surface area contributed by atoms with E-state index in [2.05, 4.69) is 22.3 Å². The van der Waals surface area contributed by atoms with Gasteiger partial charge in [-0.3, -0.25) is 0 Å². The van der Waals surface area contributed by atoms with E-state index in [9.17, 15) is 4.39 Å². The van der Waals surface area contributed by atoms with Gasteiger partial charge < -0.3 is 9.64 Å². The van der Waals surface area contributed by atoms with Crippen LogP contribution in [0.4, 0.5) is 10.2 Å². The number of ether oxygens (including phenoxy) is 1. The van der Waals surface area contributed by atoms with E-state index in [0.29, 0.717) is 29.4 Å². The summed E-state index contributed by atoms with van der Waals surface area (Å²) in [6, 6.07) is 15.1. The molecule has 0 radical (unpaired) electrons. The van der Waals surface area contributed by atoms with E-state index in [4.69, 9.17) is 9.84 Å². The third kappa shape index (κ3) is 4.08. The highest BCUT2D eigenvalue weighted by atomic mass is 19.1. The van der Waals surface area contributed by atoms with Crippen molar-refractivity contribution in [2.75, 3.05) is 25.1 Å². The number of anilines is 1. The maximum Gasteiger partial charge on any atom is 0.179 e.